The van der Waals surface area contributed by atoms with Gasteiger partial charge in [0.05, 0.1) is 27.3 Å². The molecule has 0 saturated carbocycles. The molecule has 4 rings (SSSR count). The predicted octanol–water partition coefficient (Wildman–Crippen LogP) is 5.66. The summed E-state index contributed by atoms with van der Waals surface area (Å²) in [6.45, 7) is 1.93. The largest absolute Gasteiger partial charge is 0.493 e. The van der Waals surface area contributed by atoms with Crippen molar-refractivity contribution in [3.8, 4) is 11.5 Å². The summed E-state index contributed by atoms with van der Waals surface area (Å²) in [4.78, 5) is 35.0. The summed E-state index contributed by atoms with van der Waals surface area (Å²) < 4.78 is 67.4. The standard InChI is InChI=1S/C26H23F4N5O4.CH4/c1-4-16(36)9-14-7-5-6-8-17(14)32-25-31-11-15-12-34(26(37)35(13-20(27)28)24(15)33-25)23-21(29)18(38-2)10-19(39-3)22(23)30;/h4-8,10-11,20H,1,9,12-13H2,2-3H3,(H,31,32,33);1H4. The van der Waals surface area contributed by atoms with Gasteiger partial charge in [0.1, 0.15) is 11.5 Å². The van der Waals surface area contributed by atoms with Gasteiger partial charge in [0.2, 0.25) is 5.95 Å². The number of rotatable bonds is 10. The van der Waals surface area contributed by atoms with Crippen LogP contribution in [0, 0.1) is 11.6 Å². The number of hydrogen-bond donors (Lipinski definition) is 1. The minimum absolute atomic E-state index is 0. The average molecular weight is 562 g/mol. The van der Waals surface area contributed by atoms with Crippen molar-refractivity contribution < 1.29 is 36.6 Å². The fourth-order valence-corrected chi connectivity index (χ4v) is 4.04. The topological polar surface area (TPSA) is 96.9 Å². The van der Waals surface area contributed by atoms with Crippen molar-refractivity contribution in [1.82, 2.24) is 9.97 Å². The molecule has 1 aliphatic heterocycles. The van der Waals surface area contributed by atoms with Gasteiger partial charge in [-0.05, 0) is 17.7 Å². The predicted molar refractivity (Wildman–Crippen MR) is 142 cm³/mol. The Kier molecular flexibility index (Phi) is 9.30. The maximum Gasteiger partial charge on any atom is 0.330 e. The summed E-state index contributed by atoms with van der Waals surface area (Å²) in [5, 5.41) is 2.93. The number of halogens is 4. The Morgan fingerprint density at radius 2 is 1.82 bits per heavy atom. The van der Waals surface area contributed by atoms with Crippen LogP contribution < -0.4 is 24.6 Å². The zero-order valence-electron chi connectivity index (χ0n) is 20.9. The Labute approximate surface area is 228 Å². The number of urea groups is 1. The molecular weight excluding hydrogens is 534 g/mol. The first-order valence-corrected chi connectivity index (χ1v) is 11.5. The monoisotopic (exact) mass is 561 g/mol. The van der Waals surface area contributed by atoms with E-state index in [4.69, 9.17) is 9.47 Å². The number of ketones is 1. The number of nitrogens with zero attached hydrogens (tertiary/aromatic N) is 4. The first kappa shape index (κ1) is 29.9. The minimum atomic E-state index is -2.99. The molecule has 3 aromatic rings. The van der Waals surface area contributed by atoms with Gasteiger partial charge in [-0.15, -0.1) is 0 Å². The van der Waals surface area contributed by atoms with E-state index in [1.54, 1.807) is 24.3 Å². The molecule has 2 heterocycles. The number of amides is 2. The number of para-hydroxylation sites is 1. The summed E-state index contributed by atoms with van der Waals surface area (Å²) in [7, 11) is 2.29. The van der Waals surface area contributed by atoms with Crippen LogP contribution in [0.25, 0.3) is 0 Å². The third-order valence-corrected chi connectivity index (χ3v) is 5.88. The normalized spacial score (nSPS) is 12.5. The van der Waals surface area contributed by atoms with Gasteiger partial charge in [0, 0.05) is 29.9 Å². The Balaban J connectivity index is 0.00000441. The maximum absolute atomic E-state index is 15.2. The van der Waals surface area contributed by atoms with Gasteiger partial charge in [0.15, 0.2) is 28.9 Å². The van der Waals surface area contributed by atoms with Gasteiger partial charge in [-0.25, -0.2) is 27.3 Å². The number of nitrogens with one attached hydrogen (secondary N) is 1. The maximum atomic E-state index is 15.2. The molecule has 0 radical (unpaired) electrons. The summed E-state index contributed by atoms with van der Waals surface area (Å²) in [6, 6.07) is 6.64. The van der Waals surface area contributed by atoms with Crippen LogP contribution in [0.2, 0.25) is 0 Å². The molecule has 0 atom stereocenters. The van der Waals surface area contributed by atoms with Crippen molar-refractivity contribution in [3.05, 3.63) is 71.9 Å². The van der Waals surface area contributed by atoms with Gasteiger partial charge in [-0.1, -0.05) is 32.2 Å². The molecule has 2 aromatic carbocycles. The van der Waals surface area contributed by atoms with Crippen LogP contribution in [0.1, 0.15) is 18.6 Å². The lowest BCUT2D eigenvalue weighted by atomic mass is 10.1. The Morgan fingerprint density at radius 3 is 2.42 bits per heavy atom. The second-order valence-electron chi connectivity index (χ2n) is 8.30. The lowest BCUT2D eigenvalue weighted by Gasteiger charge is -2.36. The molecule has 0 saturated heterocycles. The molecule has 212 valence electrons. The van der Waals surface area contributed by atoms with Gasteiger partial charge >= 0.3 is 6.03 Å². The molecule has 0 spiro atoms. The van der Waals surface area contributed by atoms with Crippen LogP contribution in [0.5, 0.6) is 11.5 Å². The second kappa shape index (κ2) is 12.5. The van der Waals surface area contributed by atoms with E-state index in [2.05, 4.69) is 21.9 Å². The zero-order valence-corrected chi connectivity index (χ0v) is 20.9. The summed E-state index contributed by atoms with van der Waals surface area (Å²) >= 11 is 0. The lowest BCUT2D eigenvalue weighted by Crippen LogP contribution is -2.50. The highest BCUT2D eigenvalue weighted by Crippen LogP contribution is 2.40. The molecule has 40 heavy (non-hydrogen) atoms. The van der Waals surface area contributed by atoms with Crippen LogP contribution in [0.3, 0.4) is 0 Å². The van der Waals surface area contributed by atoms with Crippen molar-refractivity contribution in [2.45, 2.75) is 26.8 Å². The first-order chi connectivity index (χ1) is 18.7. The molecule has 0 unspecified atom stereocenters. The lowest BCUT2D eigenvalue weighted by molar-refractivity contribution is -0.114. The number of fused-ring (bicyclic) bond motifs is 1. The number of alkyl halides is 2. The fourth-order valence-electron chi connectivity index (χ4n) is 4.04. The highest BCUT2D eigenvalue weighted by Gasteiger charge is 2.38. The van der Waals surface area contributed by atoms with Gasteiger partial charge in [-0.2, -0.15) is 4.98 Å². The van der Waals surface area contributed by atoms with Crippen molar-refractivity contribution in [2.75, 3.05) is 35.9 Å². The SMILES string of the molecule is C.C=CC(=O)Cc1ccccc1Nc1ncc2c(n1)N(CC(F)F)C(=O)N(c1c(F)c(OC)cc(OC)c1F)C2. The summed E-state index contributed by atoms with van der Waals surface area (Å²) in [5.41, 5.74) is 0.401. The zero-order chi connectivity index (χ0) is 28.3. The number of ether oxygens (including phenoxy) is 2. The quantitative estimate of drug-likeness (QED) is 0.252. The minimum Gasteiger partial charge on any atom is -0.493 e. The van der Waals surface area contributed by atoms with E-state index in [9.17, 15) is 18.4 Å². The fraction of sp³-hybridized carbons (Fsp3) is 0.259. The van der Waals surface area contributed by atoms with E-state index in [-0.39, 0.29) is 37.0 Å². The van der Waals surface area contributed by atoms with Crippen molar-refractivity contribution in [3.63, 3.8) is 0 Å². The molecule has 9 nitrogen and oxygen atoms in total. The number of anilines is 4. The molecule has 2 amide bonds. The van der Waals surface area contributed by atoms with Crippen LogP contribution in [0.4, 0.5) is 45.5 Å². The van der Waals surface area contributed by atoms with Gasteiger partial charge in [-0.3, -0.25) is 14.6 Å². The smallest absolute Gasteiger partial charge is 0.330 e. The van der Waals surface area contributed by atoms with E-state index in [1.807, 2.05) is 0 Å². The Hall–Kier alpha value is -4.68. The van der Waals surface area contributed by atoms with Crippen LogP contribution in [-0.4, -0.2) is 49.0 Å². The van der Waals surface area contributed by atoms with Crippen molar-refractivity contribution >= 4 is 35.0 Å². The third-order valence-electron chi connectivity index (χ3n) is 5.88. The molecule has 1 aromatic heterocycles. The third kappa shape index (κ3) is 5.82. The highest BCUT2D eigenvalue weighted by molar-refractivity contribution is 6.06. The molecular formula is C27H27F4N5O4. The molecule has 0 bridgehead atoms. The van der Waals surface area contributed by atoms with E-state index < -0.39 is 54.4 Å². The summed E-state index contributed by atoms with van der Waals surface area (Å²) in [6.07, 6.45) is -0.500. The number of carbonyl (C=O) groups excluding carboxylic acids is 2. The highest BCUT2D eigenvalue weighted by atomic mass is 19.3. The second-order valence-corrected chi connectivity index (χ2v) is 8.30. The molecule has 1 N–H and O–H groups in total. The van der Waals surface area contributed by atoms with Crippen molar-refractivity contribution in [1.29, 1.82) is 0 Å². The van der Waals surface area contributed by atoms with E-state index in [0.717, 1.165) is 20.3 Å². The van der Waals surface area contributed by atoms with Crippen LogP contribution in [-0.2, 0) is 17.8 Å². The number of carbonyl (C=O) groups is 2. The Morgan fingerprint density at radius 1 is 1.18 bits per heavy atom. The van der Waals surface area contributed by atoms with Crippen molar-refractivity contribution in [2.24, 2.45) is 0 Å². The van der Waals surface area contributed by atoms with Crippen LogP contribution in [0.15, 0.2) is 49.2 Å². The Bertz CT molecular complexity index is 1410. The molecule has 13 heteroatoms. The van der Waals surface area contributed by atoms with Crippen LogP contribution >= 0.6 is 0 Å². The first-order valence-electron chi connectivity index (χ1n) is 11.5. The molecule has 0 fully saturated rings. The number of methoxy groups -OCH3 is 2. The van der Waals surface area contributed by atoms with Gasteiger partial charge in [0.25, 0.3) is 6.43 Å². The van der Waals surface area contributed by atoms with E-state index in [0.29, 0.717) is 21.1 Å². The number of benzene rings is 2. The summed E-state index contributed by atoms with van der Waals surface area (Å²) in [5.74, 6) is -3.68. The molecule has 0 aliphatic carbocycles. The number of hydrogen-bond acceptors (Lipinski definition) is 7. The van der Waals surface area contributed by atoms with E-state index >= 15 is 8.78 Å². The average Bonchev–Trinajstić information content (AvgIpc) is 2.92. The number of allylic oxidation sites excluding steroid dienone is 1. The number of aromatic nitrogens is 2. The van der Waals surface area contributed by atoms with Gasteiger partial charge < -0.3 is 14.8 Å². The van der Waals surface area contributed by atoms with E-state index in [1.165, 1.54) is 12.3 Å². The molecule has 1 aliphatic rings.